The lowest BCUT2D eigenvalue weighted by Crippen LogP contribution is -2.38. The second-order valence-corrected chi connectivity index (χ2v) is 10.4. The van der Waals surface area contributed by atoms with Gasteiger partial charge >= 0.3 is 5.97 Å². The van der Waals surface area contributed by atoms with Crippen molar-refractivity contribution in [1.82, 2.24) is 10.5 Å². The molecule has 0 radical (unpaired) electrons. The Bertz CT molecular complexity index is 1250. The van der Waals surface area contributed by atoms with E-state index < -0.39 is 23.7 Å². The second kappa shape index (κ2) is 10.9. The average molecular weight is 493 g/mol. The topological polar surface area (TPSA) is 91.7 Å². The number of nitrogens with one attached hydrogen (secondary N) is 1. The van der Waals surface area contributed by atoms with Crippen molar-refractivity contribution in [2.24, 2.45) is 0 Å². The highest BCUT2D eigenvalue weighted by Gasteiger charge is 2.29. The smallest absolute Gasteiger partial charge is 0.327 e. The summed E-state index contributed by atoms with van der Waals surface area (Å²) in [6.07, 6.45) is 3.24. The molecular formula is C29H33FN2O4. The van der Waals surface area contributed by atoms with Gasteiger partial charge in [0.05, 0.1) is 29.8 Å². The van der Waals surface area contributed by atoms with E-state index in [0.717, 1.165) is 46.1 Å². The molecule has 0 aliphatic heterocycles. The highest BCUT2D eigenvalue weighted by atomic mass is 19.1. The number of aliphatic hydroxyl groups is 2. The van der Waals surface area contributed by atoms with Gasteiger partial charge in [-0.25, -0.2) is 4.39 Å². The summed E-state index contributed by atoms with van der Waals surface area (Å²) >= 11 is 0. The Morgan fingerprint density at radius 2 is 1.86 bits per heavy atom. The molecule has 1 aliphatic rings. The van der Waals surface area contributed by atoms with E-state index in [2.05, 4.69) is 5.48 Å². The largest absolute Gasteiger partial charge is 0.392 e. The summed E-state index contributed by atoms with van der Waals surface area (Å²) in [5.74, 6) is -0.569. The molecule has 2 atom stereocenters. The summed E-state index contributed by atoms with van der Waals surface area (Å²) in [7, 11) is 0. The number of carbonyl (C=O) groups is 1. The molecule has 1 saturated carbocycles. The SMILES string of the molecule is CC(C)(C)NOC(=O)C[C@H](O)C[C@H](O)/C=C/c1c(C2CC2)nc2ccccc2c1-c1ccc(F)cc1. The van der Waals surface area contributed by atoms with Gasteiger partial charge < -0.3 is 15.1 Å². The van der Waals surface area contributed by atoms with Crippen LogP contribution in [0.5, 0.6) is 0 Å². The van der Waals surface area contributed by atoms with Gasteiger partial charge in [0.1, 0.15) is 5.82 Å². The molecule has 0 amide bonds. The number of hydrogen-bond acceptors (Lipinski definition) is 6. The average Bonchev–Trinajstić information content (AvgIpc) is 3.66. The molecule has 2 aromatic carbocycles. The second-order valence-electron chi connectivity index (χ2n) is 10.4. The fourth-order valence-electron chi connectivity index (χ4n) is 4.10. The highest BCUT2D eigenvalue weighted by Crippen LogP contribution is 2.45. The van der Waals surface area contributed by atoms with E-state index in [1.165, 1.54) is 12.1 Å². The lowest BCUT2D eigenvalue weighted by atomic mass is 9.92. The first-order valence-corrected chi connectivity index (χ1v) is 12.3. The lowest BCUT2D eigenvalue weighted by Gasteiger charge is -2.20. The number of nitrogens with zero attached hydrogens (tertiary/aromatic N) is 1. The number of benzene rings is 2. The maximum atomic E-state index is 13.7. The predicted molar refractivity (Wildman–Crippen MR) is 138 cm³/mol. The fraction of sp³-hybridized carbons (Fsp3) is 0.379. The van der Waals surface area contributed by atoms with Crippen LogP contribution in [0.2, 0.25) is 0 Å². The van der Waals surface area contributed by atoms with E-state index in [1.54, 1.807) is 18.2 Å². The van der Waals surface area contributed by atoms with Gasteiger partial charge in [-0.1, -0.05) is 42.5 Å². The van der Waals surface area contributed by atoms with E-state index in [4.69, 9.17) is 9.82 Å². The van der Waals surface area contributed by atoms with Crippen molar-refractivity contribution in [3.8, 4) is 11.1 Å². The van der Waals surface area contributed by atoms with Gasteiger partial charge in [-0.15, -0.1) is 5.48 Å². The molecule has 3 aromatic rings. The zero-order valence-electron chi connectivity index (χ0n) is 20.9. The van der Waals surface area contributed by atoms with Crippen LogP contribution in [0.3, 0.4) is 0 Å². The fourth-order valence-corrected chi connectivity index (χ4v) is 4.10. The maximum Gasteiger partial charge on any atom is 0.327 e. The predicted octanol–water partition coefficient (Wildman–Crippen LogP) is 5.28. The van der Waals surface area contributed by atoms with Crippen molar-refractivity contribution in [2.45, 2.75) is 70.1 Å². The number of hydrogen-bond donors (Lipinski definition) is 3. The van der Waals surface area contributed by atoms with Gasteiger partial charge in [-0.05, 0) is 57.4 Å². The van der Waals surface area contributed by atoms with Crippen LogP contribution in [0.4, 0.5) is 4.39 Å². The first kappa shape index (κ1) is 25.9. The summed E-state index contributed by atoms with van der Waals surface area (Å²) in [5, 5.41) is 21.9. The van der Waals surface area contributed by atoms with Crippen molar-refractivity contribution in [3.63, 3.8) is 0 Å². The quantitative estimate of drug-likeness (QED) is 0.352. The van der Waals surface area contributed by atoms with E-state index in [1.807, 2.05) is 51.1 Å². The number of halogens is 1. The first-order valence-electron chi connectivity index (χ1n) is 12.3. The van der Waals surface area contributed by atoms with Crippen LogP contribution in [0.1, 0.15) is 63.6 Å². The van der Waals surface area contributed by atoms with Crippen LogP contribution in [0.25, 0.3) is 28.1 Å². The molecule has 3 N–H and O–H groups in total. The van der Waals surface area contributed by atoms with E-state index in [9.17, 15) is 19.4 Å². The minimum atomic E-state index is -1.06. The third-order valence-corrected chi connectivity index (χ3v) is 5.93. The molecule has 0 bridgehead atoms. The third-order valence-electron chi connectivity index (χ3n) is 5.93. The number of carbonyl (C=O) groups excluding carboxylic acids is 1. The van der Waals surface area contributed by atoms with Gasteiger partial charge in [0.2, 0.25) is 0 Å². The summed E-state index contributed by atoms with van der Waals surface area (Å²) in [5.41, 5.74) is 6.71. The van der Waals surface area contributed by atoms with Crippen molar-refractivity contribution in [2.75, 3.05) is 0 Å². The standard InChI is InChI=1S/C29H33FN2O4/c1-29(2,3)32-36-26(35)17-22(34)16-21(33)14-15-24-27(18-10-12-20(30)13-11-18)23-6-4-5-7-25(23)31-28(24)19-8-9-19/h4-7,10-15,19,21-22,32-34H,8-9,16-17H2,1-3H3/b15-14+/t21-,22-/m1/s1. The number of fused-ring (bicyclic) bond motifs is 1. The number of aliphatic hydroxyl groups excluding tert-OH is 2. The zero-order chi connectivity index (χ0) is 25.9. The summed E-state index contributed by atoms with van der Waals surface area (Å²) in [4.78, 5) is 21.9. The van der Waals surface area contributed by atoms with E-state index in [0.29, 0.717) is 5.92 Å². The molecule has 1 aromatic heterocycles. The molecule has 1 aliphatic carbocycles. The zero-order valence-corrected chi connectivity index (χ0v) is 20.9. The molecule has 6 nitrogen and oxygen atoms in total. The molecule has 190 valence electrons. The monoisotopic (exact) mass is 492 g/mol. The summed E-state index contributed by atoms with van der Waals surface area (Å²) in [6.45, 7) is 5.55. The van der Waals surface area contributed by atoms with Gasteiger partial charge in [-0.3, -0.25) is 9.78 Å². The van der Waals surface area contributed by atoms with Crippen molar-refractivity contribution in [1.29, 1.82) is 0 Å². The Morgan fingerprint density at radius 1 is 1.17 bits per heavy atom. The molecule has 0 saturated heterocycles. The summed E-state index contributed by atoms with van der Waals surface area (Å²) < 4.78 is 13.7. The van der Waals surface area contributed by atoms with Crippen LogP contribution in [0, 0.1) is 5.82 Å². The van der Waals surface area contributed by atoms with Crippen LogP contribution in [0.15, 0.2) is 54.6 Å². The maximum absolute atomic E-state index is 13.7. The first-order chi connectivity index (χ1) is 17.1. The molecule has 7 heteroatoms. The molecule has 0 spiro atoms. The minimum absolute atomic E-state index is 0.0211. The van der Waals surface area contributed by atoms with E-state index >= 15 is 0 Å². The van der Waals surface area contributed by atoms with Gasteiger partial charge in [-0.2, -0.15) is 0 Å². The molecule has 36 heavy (non-hydrogen) atoms. The van der Waals surface area contributed by atoms with Crippen LogP contribution < -0.4 is 5.48 Å². The van der Waals surface area contributed by atoms with Crippen LogP contribution in [-0.2, 0) is 9.63 Å². The third kappa shape index (κ3) is 6.75. The van der Waals surface area contributed by atoms with Crippen LogP contribution in [-0.4, -0.2) is 38.9 Å². The number of rotatable bonds is 9. The Hall–Kier alpha value is -3.13. The Morgan fingerprint density at radius 3 is 2.53 bits per heavy atom. The molecule has 1 heterocycles. The Kier molecular flexibility index (Phi) is 7.83. The Labute approximate surface area is 210 Å². The number of hydroxylamine groups is 1. The van der Waals surface area contributed by atoms with Crippen molar-refractivity contribution < 1.29 is 24.2 Å². The number of pyridine rings is 1. The minimum Gasteiger partial charge on any atom is -0.392 e. The highest BCUT2D eigenvalue weighted by molar-refractivity contribution is 5.99. The number of para-hydroxylation sites is 1. The molecule has 4 rings (SSSR count). The number of aromatic nitrogens is 1. The van der Waals surface area contributed by atoms with Crippen molar-refractivity contribution in [3.05, 3.63) is 71.7 Å². The van der Waals surface area contributed by atoms with Crippen molar-refractivity contribution >= 4 is 22.9 Å². The molecular weight excluding hydrogens is 459 g/mol. The van der Waals surface area contributed by atoms with E-state index in [-0.39, 0.29) is 18.7 Å². The molecule has 0 unspecified atom stereocenters. The van der Waals surface area contributed by atoms with Crippen LogP contribution >= 0.6 is 0 Å². The normalized spacial score (nSPS) is 15.8. The van der Waals surface area contributed by atoms with Gasteiger partial charge in [0.15, 0.2) is 0 Å². The Balaban J connectivity index is 1.59. The van der Waals surface area contributed by atoms with Gasteiger partial charge in [0.25, 0.3) is 0 Å². The molecule has 1 fully saturated rings. The van der Waals surface area contributed by atoms with Gasteiger partial charge in [0, 0.05) is 34.4 Å². The lowest BCUT2D eigenvalue weighted by molar-refractivity contribution is -0.157. The summed E-state index contributed by atoms with van der Waals surface area (Å²) in [6, 6.07) is 14.2.